The van der Waals surface area contributed by atoms with Gasteiger partial charge in [0.05, 0.1) is 12.5 Å². The van der Waals surface area contributed by atoms with Crippen molar-refractivity contribution in [3.05, 3.63) is 36.0 Å². The fourth-order valence-electron chi connectivity index (χ4n) is 3.39. The lowest BCUT2D eigenvalue weighted by Crippen LogP contribution is -2.57. The molecule has 0 saturated carbocycles. The molecular formula is C22H28N6O8. The van der Waals surface area contributed by atoms with Gasteiger partial charge in [0.25, 0.3) is 0 Å². The number of hydrogen-bond acceptors (Lipinski definition) is 7. The summed E-state index contributed by atoms with van der Waals surface area (Å²) in [6.45, 7) is -0.752. The number of aromatic nitrogens is 1. The predicted molar refractivity (Wildman–Crippen MR) is 125 cm³/mol. The second kappa shape index (κ2) is 12.9. The molecule has 14 heteroatoms. The molecule has 3 atom stereocenters. The van der Waals surface area contributed by atoms with Crippen molar-refractivity contribution >= 4 is 46.5 Å². The minimum Gasteiger partial charge on any atom is -0.481 e. The first-order valence-corrected chi connectivity index (χ1v) is 10.9. The van der Waals surface area contributed by atoms with Gasteiger partial charge in [-0.2, -0.15) is 0 Å². The molecule has 4 amide bonds. The Balaban J connectivity index is 2.26. The van der Waals surface area contributed by atoms with Gasteiger partial charge < -0.3 is 42.6 Å². The fourth-order valence-corrected chi connectivity index (χ4v) is 3.39. The second-order valence-corrected chi connectivity index (χ2v) is 8.01. The summed E-state index contributed by atoms with van der Waals surface area (Å²) >= 11 is 0. The van der Waals surface area contributed by atoms with Crippen molar-refractivity contribution in [2.45, 2.75) is 43.8 Å². The molecule has 0 aliphatic carbocycles. The third-order valence-corrected chi connectivity index (χ3v) is 5.19. The number of H-pyrrole nitrogens is 1. The summed E-state index contributed by atoms with van der Waals surface area (Å²) in [7, 11) is 0. The summed E-state index contributed by atoms with van der Waals surface area (Å²) < 4.78 is 0. The summed E-state index contributed by atoms with van der Waals surface area (Å²) in [5, 5.41) is 25.2. The van der Waals surface area contributed by atoms with Crippen molar-refractivity contribution in [2.75, 3.05) is 6.54 Å². The Kier molecular flexibility index (Phi) is 9.92. The average molecular weight is 505 g/mol. The number of carbonyl (C=O) groups is 6. The largest absolute Gasteiger partial charge is 0.481 e. The Hall–Kier alpha value is -4.46. The maximum absolute atomic E-state index is 13.1. The normalized spacial score (nSPS) is 13.2. The number of primary amides is 1. The molecule has 2 aromatic rings. The summed E-state index contributed by atoms with van der Waals surface area (Å²) in [6, 6.07) is 3.19. The van der Waals surface area contributed by atoms with Crippen LogP contribution in [0.1, 0.15) is 24.8 Å². The Morgan fingerprint density at radius 1 is 0.917 bits per heavy atom. The Bertz CT molecular complexity index is 1150. The van der Waals surface area contributed by atoms with E-state index in [1.165, 1.54) is 0 Å². The fraction of sp³-hybridized carbons (Fsp3) is 0.364. The lowest BCUT2D eigenvalue weighted by molar-refractivity contribution is -0.139. The van der Waals surface area contributed by atoms with Gasteiger partial charge in [-0.3, -0.25) is 28.8 Å². The van der Waals surface area contributed by atoms with Crippen LogP contribution in [0.25, 0.3) is 10.9 Å². The van der Waals surface area contributed by atoms with E-state index >= 15 is 0 Å². The van der Waals surface area contributed by atoms with Crippen molar-refractivity contribution < 1.29 is 39.0 Å². The van der Waals surface area contributed by atoms with Crippen LogP contribution in [0.5, 0.6) is 0 Å². The van der Waals surface area contributed by atoms with Crippen LogP contribution in [-0.4, -0.2) is 75.4 Å². The molecule has 1 aromatic carbocycles. The van der Waals surface area contributed by atoms with Crippen molar-refractivity contribution in [2.24, 2.45) is 11.5 Å². The Morgan fingerprint density at radius 3 is 2.22 bits per heavy atom. The number of nitrogens with one attached hydrogen (secondary N) is 4. The highest BCUT2D eigenvalue weighted by molar-refractivity contribution is 5.96. The first-order valence-electron chi connectivity index (χ1n) is 10.9. The van der Waals surface area contributed by atoms with E-state index in [1.54, 1.807) is 24.4 Å². The zero-order valence-electron chi connectivity index (χ0n) is 19.2. The van der Waals surface area contributed by atoms with E-state index in [0.717, 1.165) is 10.9 Å². The molecule has 0 saturated heterocycles. The highest BCUT2D eigenvalue weighted by Crippen LogP contribution is 2.19. The monoisotopic (exact) mass is 504 g/mol. The van der Waals surface area contributed by atoms with Gasteiger partial charge in [0.15, 0.2) is 0 Å². The van der Waals surface area contributed by atoms with Gasteiger partial charge in [-0.25, -0.2) is 0 Å². The van der Waals surface area contributed by atoms with Crippen molar-refractivity contribution in [1.29, 1.82) is 0 Å². The summed E-state index contributed by atoms with van der Waals surface area (Å²) in [5.74, 6) is -6.03. The maximum atomic E-state index is 13.1. The Morgan fingerprint density at radius 2 is 1.58 bits per heavy atom. The molecule has 0 spiro atoms. The van der Waals surface area contributed by atoms with Gasteiger partial charge in [0.1, 0.15) is 18.6 Å². The van der Waals surface area contributed by atoms with Crippen LogP contribution < -0.4 is 27.4 Å². The zero-order valence-corrected chi connectivity index (χ0v) is 19.2. The quantitative estimate of drug-likeness (QED) is 0.141. The van der Waals surface area contributed by atoms with Crippen LogP contribution in [0.3, 0.4) is 0 Å². The number of carbonyl (C=O) groups excluding carboxylic acids is 4. The van der Waals surface area contributed by atoms with E-state index < -0.39 is 66.7 Å². The standard InChI is InChI=1S/C22H28N6O8/c23-13(5-6-18(30)31)20(34)27-15(7-11-9-25-14-4-2-1-3-12(11)14)22(36)28-16(8-17(24)29)21(35)26-10-19(32)33/h1-4,9,13,15-16,25H,5-8,10,23H2,(H2,24,29)(H,26,35)(H,27,34)(H,28,36)(H,30,31)(H,32,33). The molecular weight excluding hydrogens is 476 g/mol. The van der Waals surface area contributed by atoms with Gasteiger partial charge >= 0.3 is 11.9 Å². The van der Waals surface area contributed by atoms with Gasteiger partial charge in [-0.1, -0.05) is 18.2 Å². The molecule has 0 radical (unpaired) electrons. The van der Waals surface area contributed by atoms with Crippen LogP contribution in [0, 0.1) is 0 Å². The number of carboxylic acids is 2. The summed E-state index contributed by atoms with van der Waals surface area (Å²) in [4.78, 5) is 74.1. The van der Waals surface area contributed by atoms with Crippen LogP contribution in [0.15, 0.2) is 30.5 Å². The van der Waals surface area contributed by atoms with Crippen molar-refractivity contribution in [3.63, 3.8) is 0 Å². The van der Waals surface area contributed by atoms with Gasteiger partial charge in [-0.15, -0.1) is 0 Å². The number of benzene rings is 1. The van der Waals surface area contributed by atoms with Crippen LogP contribution in [0.2, 0.25) is 0 Å². The van der Waals surface area contributed by atoms with E-state index in [2.05, 4.69) is 20.9 Å². The smallest absolute Gasteiger partial charge is 0.322 e. The highest BCUT2D eigenvalue weighted by Gasteiger charge is 2.30. The number of nitrogens with two attached hydrogens (primary N) is 2. The summed E-state index contributed by atoms with van der Waals surface area (Å²) in [6.07, 6.45) is 0.432. The first-order chi connectivity index (χ1) is 17.0. The molecule has 0 bridgehead atoms. The van der Waals surface area contributed by atoms with Gasteiger partial charge in [-0.05, 0) is 18.1 Å². The third-order valence-electron chi connectivity index (χ3n) is 5.19. The second-order valence-electron chi connectivity index (χ2n) is 8.01. The topological polar surface area (TPSA) is 247 Å². The molecule has 0 aliphatic rings. The molecule has 0 aliphatic heterocycles. The van der Waals surface area contributed by atoms with E-state index in [9.17, 15) is 28.8 Å². The highest BCUT2D eigenvalue weighted by atomic mass is 16.4. The molecule has 0 fully saturated rings. The molecule has 2 rings (SSSR count). The SMILES string of the molecule is NC(=O)CC(NC(=O)C(Cc1c[nH]c2ccccc12)NC(=O)C(N)CCC(=O)O)C(=O)NCC(=O)O. The zero-order chi connectivity index (χ0) is 26.8. The Labute approximate surface area is 204 Å². The lowest BCUT2D eigenvalue weighted by atomic mass is 10.0. The molecule has 36 heavy (non-hydrogen) atoms. The number of aliphatic carboxylic acids is 2. The number of rotatable bonds is 14. The number of para-hydroxylation sites is 1. The molecule has 10 N–H and O–H groups in total. The molecule has 194 valence electrons. The van der Waals surface area contributed by atoms with Crippen molar-refractivity contribution in [1.82, 2.24) is 20.9 Å². The number of amides is 4. The minimum atomic E-state index is -1.50. The van der Waals surface area contributed by atoms with E-state index in [1.807, 2.05) is 6.07 Å². The van der Waals surface area contributed by atoms with E-state index in [-0.39, 0.29) is 19.3 Å². The van der Waals surface area contributed by atoms with E-state index in [0.29, 0.717) is 5.56 Å². The van der Waals surface area contributed by atoms with Crippen molar-refractivity contribution in [3.8, 4) is 0 Å². The third kappa shape index (κ3) is 8.39. The number of fused-ring (bicyclic) bond motifs is 1. The predicted octanol–water partition coefficient (Wildman–Crippen LogP) is -2.05. The van der Waals surface area contributed by atoms with E-state index in [4.69, 9.17) is 21.7 Å². The average Bonchev–Trinajstić information content (AvgIpc) is 3.22. The van der Waals surface area contributed by atoms with Gasteiger partial charge in [0, 0.05) is 29.9 Å². The van der Waals surface area contributed by atoms with Crippen LogP contribution in [-0.2, 0) is 35.2 Å². The first kappa shape index (κ1) is 27.8. The maximum Gasteiger partial charge on any atom is 0.322 e. The number of carboxylic acid groups (broad SMARTS) is 2. The molecule has 1 heterocycles. The lowest BCUT2D eigenvalue weighted by Gasteiger charge is -2.23. The van der Waals surface area contributed by atoms with Gasteiger partial charge in [0.2, 0.25) is 23.6 Å². The molecule has 3 unspecified atom stereocenters. The van der Waals surface area contributed by atoms with Crippen LogP contribution >= 0.6 is 0 Å². The number of hydrogen-bond donors (Lipinski definition) is 8. The number of aromatic amines is 1. The minimum absolute atomic E-state index is 0.0483. The molecule has 14 nitrogen and oxygen atoms in total. The summed E-state index contributed by atoms with van der Waals surface area (Å²) in [5.41, 5.74) is 12.4. The van der Waals surface area contributed by atoms with Crippen LogP contribution in [0.4, 0.5) is 0 Å². The molecule has 1 aromatic heterocycles.